The Hall–Kier alpha value is -2.21. The number of carbonyl (C=O) groups is 1. The lowest BCUT2D eigenvalue weighted by Crippen LogP contribution is -2.17. The number of amides is 1. The second-order valence-corrected chi connectivity index (χ2v) is 5.27. The Kier molecular flexibility index (Phi) is 3.96. The lowest BCUT2D eigenvalue weighted by molar-refractivity contribution is 0.102. The smallest absolute Gasteiger partial charge is 0.260 e. The Bertz CT molecular complexity index is 634. The molecule has 2 aromatic heterocycles. The lowest BCUT2D eigenvalue weighted by atomic mass is 9.93. The van der Waals surface area contributed by atoms with Crippen LogP contribution in [0.25, 0.3) is 0 Å². The highest BCUT2D eigenvalue weighted by Gasteiger charge is 2.21. The van der Waals surface area contributed by atoms with Crippen molar-refractivity contribution in [1.82, 2.24) is 14.8 Å². The summed E-state index contributed by atoms with van der Waals surface area (Å²) in [6.07, 6.45) is 9.04. The zero-order valence-corrected chi connectivity index (χ0v) is 11.7. The monoisotopic (exact) mass is 286 g/mol. The van der Waals surface area contributed by atoms with Gasteiger partial charge in [-0.15, -0.1) is 0 Å². The van der Waals surface area contributed by atoms with Gasteiger partial charge in [-0.1, -0.05) is 0 Å². The SMILES string of the molecule is O=C(Nc1cc(CCO)ccn1)c1cnn(C2CCC2)c1. The molecular weight excluding hydrogens is 268 g/mol. The van der Waals surface area contributed by atoms with Gasteiger partial charge in [-0.3, -0.25) is 9.48 Å². The summed E-state index contributed by atoms with van der Waals surface area (Å²) in [4.78, 5) is 16.3. The largest absolute Gasteiger partial charge is 0.396 e. The van der Waals surface area contributed by atoms with E-state index >= 15 is 0 Å². The average Bonchev–Trinajstić information content (AvgIpc) is 2.87. The number of hydrogen-bond acceptors (Lipinski definition) is 4. The summed E-state index contributed by atoms with van der Waals surface area (Å²) >= 11 is 0. The van der Waals surface area contributed by atoms with Crippen LogP contribution >= 0.6 is 0 Å². The fourth-order valence-corrected chi connectivity index (χ4v) is 2.32. The number of pyridine rings is 1. The second-order valence-electron chi connectivity index (χ2n) is 5.27. The molecule has 0 saturated heterocycles. The van der Waals surface area contributed by atoms with Crippen molar-refractivity contribution in [1.29, 1.82) is 0 Å². The van der Waals surface area contributed by atoms with Crippen LogP contribution in [0.1, 0.15) is 41.2 Å². The van der Waals surface area contributed by atoms with E-state index in [1.54, 1.807) is 24.7 Å². The third-order valence-electron chi connectivity index (χ3n) is 3.78. The molecule has 6 heteroatoms. The standard InChI is InChI=1S/C15H18N4O2/c20-7-5-11-4-6-16-14(8-11)18-15(21)12-9-17-19(10-12)13-2-1-3-13/h4,6,8-10,13,20H,1-3,5,7H2,(H,16,18,21). The maximum absolute atomic E-state index is 12.2. The molecule has 110 valence electrons. The maximum atomic E-state index is 12.2. The Morgan fingerprint density at radius 2 is 2.33 bits per heavy atom. The van der Waals surface area contributed by atoms with Gasteiger partial charge < -0.3 is 10.4 Å². The molecular formula is C15H18N4O2. The van der Waals surface area contributed by atoms with E-state index in [-0.39, 0.29) is 12.5 Å². The number of carbonyl (C=O) groups excluding carboxylic acids is 1. The van der Waals surface area contributed by atoms with Gasteiger partial charge in [0.1, 0.15) is 5.82 Å². The summed E-state index contributed by atoms with van der Waals surface area (Å²) in [5.41, 5.74) is 1.48. The molecule has 0 aromatic carbocycles. The average molecular weight is 286 g/mol. The van der Waals surface area contributed by atoms with E-state index in [2.05, 4.69) is 15.4 Å². The minimum atomic E-state index is -0.214. The molecule has 3 rings (SSSR count). The highest BCUT2D eigenvalue weighted by atomic mass is 16.3. The fraction of sp³-hybridized carbons (Fsp3) is 0.400. The molecule has 1 saturated carbocycles. The van der Waals surface area contributed by atoms with Crippen molar-refractivity contribution in [2.45, 2.75) is 31.7 Å². The number of hydrogen-bond donors (Lipinski definition) is 2. The molecule has 2 N–H and O–H groups in total. The molecule has 21 heavy (non-hydrogen) atoms. The first kappa shape index (κ1) is 13.8. The van der Waals surface area contributed by atoms with E-state index < -0.39 is 0 Å². The quantitative estimate of drug-likeness (QED) is 0.878. The zero-order chi connectivity index (χ0) is 14.7. The summed E-state index contributed by atoms with van der Waals surface area (Å²) < 4.78 is 1.87. The number of aromatic nitrogens is 3. The molecule has 0 aliphatic heterocycles. The Morgan fingerprint density at radius 1 is 1.48 bits per heavy atom. The van der Waals surface area contributed by atoms with E-state index in [0.717, 1.165) is 18.4 Å². The minimum absolute atomic E-state index is 0.0750. The fourth-order valence-electron chi connectivity index (χ4n) is 2.32. The summed E-state index contributed by atoms with van der Waals surface area (Å²) in [7, 11) is 0. The van der Waals surface area contributed by atoms with Gasteiger partial charge in [0.05, 0.1) is 17.8 Å². The van der Waals surface area contributed by atoms with Gasteiger partial charge in [0, 0.05) is 19.0 Å². The molecule has 1 amide bonds. The Balaban J connectivity index is 1.67. The van der Waals surface area contributed by atoms with Crippen LogP contribution in [-0.2, 0) is 6.42 Å². The van der Waals surface area contributed by atoms with Crippen molar-refractivity contribution in [3.63, 3.8) is 0 Å². The summed E-state index contributed by atoms with van der Waals surface area (Å²) in [6, 6.07) is 4.03. The van der Waals surface area contributed by atoms with Crippen molar-refractivity contribution >= 4 is 11.7 Å². The molecule has 1 aliphatic rings. The second kappa shape index (κ2) is 6.05. The van der Waals surface area contributed by atoms with E-state index in [1.807, 2.05) is 10.7 Å². The van der Waals surface area contributed by atoms with Gasteiger partial charge in [0.15, 0.2) is 0 Å². The first-order valence-corrected chi connectivity index (χ1v) is 7.17. The first-order valence-electron chi connectivity index (χ1n) is 7.17. The number of nitrogens with one attached hydrogen (secondary N) is 1. The van der Waals surface area contributed by atoms with Gasteiger partial charge >= 0.3 is 0 Å². The van der Waals surface area contributed by atoms with Crippen LogP contribution in [0.4, 0.5) is 5.82 Å². The molecule has 0 atom stereocenters. The van der Waals surface area contributed by atoms with Gasteiger partial charge in [-0.2, -0.15) is 5.10 Å². The first-order chi connectivity index (χ1) is 10.3. The minimum Gasteiger partial charge on any atom is -0.396 e. The van der Waals surface area contributed by atoms with Crippen molar-refractivity contribution in [2.75, 3.05) is 11.9 Å². The number of anilines is 1. The molecule has 0 spiro atoms. The molecule has 0 bridgehead atoms. The summed E-state index contributed by atoms with van der Waals surface area (Å²) in [5.74, 6) is 0.275. The molecule has 0 radical (unpaired) electrons. The van der Waals surface area contributed by atoms with Gasteiger partial charge in [-0.25, -0.2) is 4.98 Å². The topological polar surface area (TPSA) is 80.0 Å². The van der Waals surface area contributed by atoms with Crippen LogP contribution in [0.2, 0.25) is 0 Å². The van der Waals surface area contributed by atoms with Crippen LogP contribution in [0.3, 0.4) is 0 Å². The van der Waals surface area contributed by atoms with Gasteiger partial charge in [0.25, 0.3) is 5.91 Å². The highest BCUT2D eigenvalue weighted by Crippen LogP contribution is 2.30. The van der Waals surface area contributed by atoms with Crippen molar-refractivity contribution < 1.29 is 9.90 Å². The number of aliphatic hydroxyl groups excluding tert-OH is 1. The van der Waals surface area contributed by atoms with E-state index in [1.165, 1.54) is 6.42 Å². The lowest BCUT2D eigenvalue weighted by Gasteiger charge is -2.25. The summed E-state index contributed by atoms with van der Waals surface area (Å²) in [6.45, 7) is 0.0750. The molecule has 1 aliphatic carbocycles. The normalized spacial score (nSPS) is 14.7. The Labute approximate surface area is 122 Å². The number of aliphatic hydroxyl groups is 1. The van der Waals surface area contributed by atoms with Crippen LogP contribution in [0, 0.1) is 0 Å². The van der Waals surface area contributed by atoms with Crippen LogP contribution < -0.4 is 5.32 Å². The van der Waals surface area contributed by atoms with Gasteiger partial charge in [-0.05, 0) is 43.4 Å². The van der Waals surface area contributed by atoms with E-state index in [9.17, 15) is 4.79 Å². The highest BCUT2D eigenvalue weighted by molar-refractivity contribution is 6.03. The maximum Gasteiger partial charge on any atom is 0.260 e. The third-order valence-corrected chi connectivity index (χ3v) is 3.78. The molecule has 0 unspecified atom stereocenters. The number of nitrogens with zero attached hydrogens (tertiary/aromatic N) is 3. The van der Waals surface area contributed by atoms with E-state index in [0.29, 0.717) is 23.8 Å². The molecule has 1 fully saturated rings. The zero-order valence-electron chi connectivity index (χ0n) is 11.7. The number of rotatable bonds is 5. The van der Waals surface area contributed by atoms with Crippen molar-refractivity contribution in [3.8, 4) is 0 Å². The van der Waals surface area contributed by atoms with Crippen molar-refractivity contribution in [3.05, 3.63) is 41.9 Å². The molecule has 2 heterocycles. The van der Waals surface area contributed by atoms with Crippen LogP contribution in [0.15, 0.2) is 30.7 Å². The van der Waals surface area contributed by atoms with Gasteiger partial charge in [0.2, 0.25) is 0 Å². The molecule has 6 nitrogen and oxygen atoms in total. The summed E-state index contributed by atoms with van der Waals surface area (Å²) in [5, 5.41) is 15.9. The van der Waals surface area contributed by atoms with Crippen molar-refractivity contribution in [2.24, 2.45) is 0 Å². The predicted octanol–water partition coefficient (Wildman–Crippen LogP) is 1.79. The Morgan fingerprint density at radius 3 is 3.05 bits per heavy atom. The predicted molar refractivity (Wildman–Crippen MR) is 78.1 cm³/mol. The van der Waals surface area contributed by atoms with Crippen LogP contribution in [-0.4, -0.2) is 32.4 Å². The third kappa shape index (κ3) is 3.11. The van der Waals surface area contributed by atoms with E-state index in [4.69, 9.17) is 5.11 Å². The van der Waals surface area contributed by atoms with Crippen LogP contribution in [0.5, 0.6) is 0 Å². The molecule has 2 aromatic rings.